The van der Waals surface area contributed by atoms with Gasteiger partial charge in [0.1, 0.15) is 0 Å². The summed E-state index contributed by atoms with van der Waals surface area (Å²) < 4.78 is 5.39. The van der Waals surface area contributed by atoms with Crippen LogP contribution in [-0.4, -0.2) is 48.8 Å². The van der Waals surface area contributed by atoms with E-state index < -0.39 is 0 Å². The summed E-state index contributed by atoms with van der Waals surface area (Å²) >= 11 is 0. The summed E-state index contributed by atoms with van der Waals surface area (Å²) in [6, 6.07) is 0. The lowest BCUT2D eigenvalue weighted by atomic mass is 10.1. The highest BCUT2D eigenvalue weighted by atomic mass is 16.5. The van der Waals surface area contributed by atoms with Crippen molar-refractivity contribution in [2.45, 2.75) is 168 Å². The molecule has 0 bridgehead atoms. The van der Waals surface area contributed by atoms with Gasteiger partial charge in [-0.25, -0.2) is 0 Å². The molecule has 0 radical (unpaired) electrons. The first-order valence-electron chi connectivity index (χ1n) is 17.5. The molecule has 0 unspecified atom stereocenters. The monoisotopic (exact) mass is 564 g/mol. The van der Waals surface area contributed by atoms with Crippen molar-refractivity contribution in [1.82, 2.24) is 4.90 Å². The lowest BCUT2D eigenvalue weighted by Gasteiger charge is -2.21. The van der Waals surface area contributed by atoms with Crippen molar-refractivity contribution in [1.29, 1.82) is 0 Å². The fourth-order valence-corrected chi connectivity index (χ4v) is 5.06. The van der Waals surface area contributed by atoms with Crippen molar-refractivity contribution in [2.24, 2.45) is 0 Å². The lowest BCUT2D eigenvalue weighted by molar-refractivity contribution is -0.143. The smallest absolute Gasteiger partial charge is 0.305 e. The normalized spacial score (nSPS) is 11.9. The zero-order valence-corrected chi connectivity index (χ0v) is 27.0. The lowest BCUT2D eigenvalue weighted by Crippen LogP contribution is -2.29. The minimum absolute atomic E-state index is 0.0156. The van der Waals surface area contributed by atoms with Crippen LogP contribution in [0.1, 0.15) is 168 Å². The van der Waals surface area contributed by atoms with Crippen LogP contribution in [0.4, 0.5) is 0 Å². The van der Waals surface area contributed by atoms with Gasteiger partial charge < -0.3 is 14.7 Å². The first-order valence-corrected chi connectivity index (χ1v) is 17.5. The molecule has 4 heteroatoms. The maximum Gasteiger partial charge on any atom is 0.305 e. The molecular weight excluding hydrogens is 494 g/mol. The molecule has 40 heavy (non-hydrogen) atoms. The van der Waals surface area contributed by atoms with Gasteiger partial charge in [0.25, 0.3) is 0 Å². The molecule has 236 valence electrons. The Morgan fingerprint density at radius 2 is 1.07 bits per heavy atom. The van der Waals surface area contributed by atoms with E-state index in [1.807, 2.05) is 0 Å². The molecule has 0 amide bonds. The molecule has 0 saturated heterocycles. The molecule has 4 nitrogen and oxygen atoms in total. The van der Waals surface area contributed by atoms with Gasteiger partial charge in [-0.05, 0) is 64.5 Å². The first-order chi connectivity index (χ1) is 19.7. The summed E-state index contributed by atoms with van der Waals surface area (Å²) in [5, 5.41) is 9.43. The van der Waals surface area contributed by atoms with E-state index in [0.29, 0.717) is 13.0 Å². The average Bonchev–Trinajstić information content (AvgIpc) is 2.95. The van der Waals surface area contributed by atoms with Crippen molar-refractivity contribution < 1.29 is 14.6 Å². The molecule has 0 atom stereocenters. The predicted octanol–water partition coefficient (Wildman–Crippen LogP) is 10.3. The van der Waals surface area contributed by atoms with E-state index in [-0.39, 0.29) is 12.6 Å². The maximum absolute atomic E-state index is 11.9. The SMILES string of the molecule is CCCC/C=C\C/C=C\CCCCCCCCN(CCO)CCCCCCCC(=O)OCCCCCCCCC. The summed E-state index contributed by atoms with van der Waals surface area (Å²) in [6.07, 6.45) is 38.2. The first kappa shape index (κ1) is 38.9. The van der Waals surface area contributed by atoms with Gasteiger partial charge in [-0.15, -0.1) is 0 Å². The third-order valence-corrected chi connectivity index (χ3v) is 7.71. The van der Waals surface area contributed by atoms with Crippen LogP contribution < -0.4 is 0 Å². The van der Waals surface area contributed by atoms with Gasteiger partial charge in [0.05, 0.1) is 13.2 Å². The third-order valence-electron chi connectivity index (χ3n) is 7.71. The molecule has 0 aliphatic carbocycles. The fraction of sp³-hybridized carbons (Fsp3) is 0.861. The highest BCUT2D eigenvalue weighted by molar-refractivity contribution is 5.69. The molecule has 1 N–H and O–H groups in total. The molecule has 0 aromatic heterocycles. The summed E-state index contributed by atoms with van der Waals surface area (Å²) in [5.74, 6) is -0.0156. The summed E-state index contributed by atoms with van der Waals surface area (Å²) in [7, 11) is 0. The Hall–Kier alpha value is -1.13. The Morgan fingerprint density at radius 1 is 0.575 bits per heavy atom. The maximum atomic E-state index is 11.9. The van der Waals surface area contributed by atoms with Gasteiger partial charge in [-0.3, -0.25) is 4.79 Å². The summed E-state index contributed by atoms with van der Waals surface area (Å²) in [6.45, 7) is 8.33. The van der Waals surface area contributed by atoms with Crippen LogP contribution in [0.2, 0.25) is 0 Å². The number of hydrogen-bond acceptors (Lipinski definition) is 4. The van der Waals surface area contributed by atoms with Crippen LogP contribution in [0.5, 0.6) is 0 Å². The van der Waals surface area contributed by atoms with Crippen LogP contribution in [0.25, 0.3) is 0 Å². The van der Waals surface area contributed by atoms with Crippen LogP contribution in [0.3, 0.4) is 0 Å². The summed E-state index contributed by atoms with van der Waals surface area (Å²) in [4.78, 5) is 14.3. The number of carbonyl (C=O) groups is 1. The number of ether oxygens (including phenoxy) is 1. The van der Waals surface area contributed by atoms with Crippen LogP contribution in [-0.2, 0) is 9.53 Å². The number of aliphatic hydroxyl groups excluding tert-OH is 1. The molecule has 0 spiro atoms. The zero-order chi connectivity index (χ0) is 29.2. The molecule has 0 fully saturated rings. The van der Waals surface area contributed by atoms with E-state index in [1.54, 1.807) is 0 Å². The van der Waals surface area contributed by atoms with E-state index in [9.17, 15) is 9.90 Å². The molecule has 0 aromatic carbocycles. The standard InChI is InChI=1S/C36H69NO3/c1-3-5-7-9-11-12-13-14-15-16-17-18-19-23-27-31-37(33-34-38)32-28-24-21-22-26-30-36(39)40-35-29-25-20-10-8-6-4-2/h9,11,13-14,38H,3-8,10,12,15-35H2,1-2H3/b11-9-,14-13-. The van der Waals surface area contributed by atoms with Crippen molar-refractivity contribution >= 4 is 5.97 Å². The van der Waals surface area contributed by atoms with Crippen LogP contribution in [0, 0.1) is 0 Å². The number of rotatable bonds is 32. The Bertz CT molecular complexity index is 560. The molecule has 0 heterocycles. The minimum atomic E-state index is -0.0156. The number of carbonyl (C=O) groups excluding carboxylic acids is 1. The highest BCUT2D eigenvalue weighted by Crippen LogP contribution is 2.11. The third kappa shape index (κ3) is 31.4. The average molecular weight is 564 g/mol. The Morgan fingerprint density at radius 3 is 1.68 bits per heavy atom. The van der Waals surface area contributed by atoms with Gasteiger partial charge in [0.15, 0.2) is 0 Å². The van der Waals surface area contributed by atoms with Crippen LogP contribution >= 0.6 is 0 Å². The molecule has 0 aromatic rings. The largest absolute Gasteiger partial charge is 0.466 e. The number of hydrogen-bond donors (Lipinski definition) is 1. The van der Waals surface area contributed by atoms with Gasteiger partial charge in [0, 0.05) is 13.0 Å². The van der Waals surface area contributed by atoms with Gasteiger partial charge in [-0.1, -0.05) is 134 Å². The molecule has 0 aliphatic rings. The second-order valence-corrected chi connectivity index (χ2v) is 11.7. The van der Waals surface area contributed by atoms with Gasteiger partial charge >= 0.3 is 5.97 Å². The second-order valence-electron chi connectivity index (χ2n) is 11.7. The molecule has 0 rings (SSSR count). The predicted molar refractivity (Wildman–Crippen MR) is 175 cm³/mol. The van der Waals surface area contributed by atoms with Crippen molar-refractivity contribution in [3.05, 3.63) is 24.3 Å². The van der Waals surface area contributed by atoms with Crippen molar-refractivity contribution in [3.63, 3.8) is 0 Å². The second kappa shape index (κ2) is 34.1. The van der Waals surface area contributed by atoms with Crippen molar-refractivity contribution in [3.8, 4) is 0 Å². The van der Waals surface area contributed by atoms with E-state index in [1.165, 1.54) is 122 Å². The Labute approximate surface area is 250 Å². The Kier molecular flexibility index (Phi) is 33.1. The quantitative estimate of drug-likeness (QED) is 0.0502. The molecule has 0 aliphatic heterocycles. The fourth-order valence-electron chi connectivity index (χ4n) is 5.06. The summed E-state index contributed by atoms with van der Waals surface area (Å²) in [5.41, 5.74) is 0. The number of esters is 1. The van der Waals surface area contributed by atoms with Gasteiger partial charge in [-0.2, -0.15) is 0 Å². The van der Waals surface area contributed by atoms with E-state index in [2.05, 4.69) is 43.1 Å². The van der Waals surface area contributed by atoms with E-state index in [4.69, 9.17) is 4.74 Å². The number of nitrogens with zero attached hydrogens (tertiary/aromatic N) is 1. The zero-order valence-electron chi connectivity index (χ0n) is 27.0. The van der Waals surface area contributed by atoms with Crippen molar-refractivity contribution in [2.75, 3.05) is 32.8 Å². The molecule has 0 saturated carbocycles. The number of allylic oxidation sites excluding steroid dienone is 4. The number of aliphatic hydroxyl groups is 1. The highest BCUT2D eigenvalue weighted by Gasteiger charge is 2.05. The Balaban J connectivity index is 3.53. The van der Waals surface area contributed by atoms with E-state index in [0.717, 1.165) is 45.3 Å². The van der Waals surface area contributed by atoms with E-state index >= 15 is 0 Å². The van der Waals surface area contributed by atoms with Crippen LogP contribution in [0.15, 0.2) is 24.3 Å². The topological polar surface area (TPSA) is 49.8 Å². The molecular formula is C36H69NO3. The minimum Gasteiger partial charge on any atom is -0.466 e. The number of unbranched alkanes of at least 4 members (excludes halogenated alkanes) is 18. The van der Waals surface area contributed by atoms with Gasteiger partial charge in [0.2, 0.25) is 0 Å².